The van der Waals surface area contributed by atoms with Gasteiger partial charge in [-0.05, 0) is 43.3 Å². The van der Waals surface area contributed by atoms with E-state index in [9.17, 15) is 8.42 Å². The number of ether oxygens (including phenoxy) is 1. The molecule has 3 aromatic rings. The smallest absolute Gasteiger partial charge is 0.284 e. The minimum absolute atomic E-state index is 0.175. The van der Waals surface area contributed by atoms with E-state index in [-0.39, 0.29) is 4.90 Å². The highest BCUT2D eigenvalue weighted by molar-refractivity contribution is 7.89. The van der Waals surface area contributed by atoms with Crippen LogP contribution in [-0.4, -0.2) is 29.9 Å². The highest BCUT2D eigenvalue weighted by Crippen LogP contribution is 2.21. The molecule has 23 heavy (non-hydrogen) atoms. The molecule has 1 aromatic heterocycles. The number of nitrogens with zero attached hydrogens (tertiary/aromatic N) is 3. The number of hydrogen-bond acceptors (Lipinski definition) is 5. The highest BCUT2D eigenvalue weighted by atomic mass is 32.2. The third-order valence-electron chi connectivity index (χ3n) is 3.42. The van der Waals surface area contributed by atoms with Gasteiger partial charge in [0.2, 0.25) is 0 Å². The van der Waals surface area contributed by atoms with E-state index in [1.165, 1.54) is 6.20 Å². The van der Waals surface area contributed by atoms with E-state index in [0.29, 0.717) is 11.4 Å². The van der Waals surface area contributed by atoms with Crippen LogP contribution in [0.15, 0.2) is 59.6 Å². The molecule has 118 valence electrons. The molecule has 7 heteroatoms. The second-order valence-corrected chi connectivity index (χ2v) is 6.82. The molecule has 0 saturated heterocycles. The molecule has 0 atom stereocenters. The Kier molecular flexibility index (Phi) is 3.87. The van der Waals surface area contributed by atoms with Gasteiger partial charge in [-0.2, -0.15) is 8.42 Å². The number of aryl methyl sites for hydroxylation is 1. The van der Waals surface area contributed by atoms with E-state index >= 15 is 0 Å². The Balaban J connectivity index is 1.95. The quantitative estimate of drug-likeness (QED) is 0.735. The average molecular weight is 329 g/mol. The lowest BCUT2D eigenvalue weighted by Gasteiger charge is -2.03. The first-order valence-corrected chi connectivity index (χ1v) is 8.34. The van der Waals surface area contributed by atoms with Crippen molar-refractivity contribution in [3.63, 3.8) is 0 Å². The second-order valence-electron chi connectivity index (χ2n) is 5.02. The molecule has 0 amide bonds. The summed E-state index contributed by atoms with van der Waals surface area (Å²) in [6.07, 6.45) is 1.40. The standard InChI is InChI=1S/C16H15N3O3S/c1-12-3-9-15(10-4-12)23(20,21)19-11-16(17-18-19)13-5-7-14(22-2)8-6-13/h3-11H,1-2H3. The minimum Gasteiger partial charge on any atom is -0.497 e. The minimum atomic E-state index is -3.74. The van der Waals surface area contributed by atoms with E-state index in [1.807, 2.05) is 6.92 Å². The van der Waals surface area contributed by atoms with Crippen molar-refractivity contribution in [1.82, 2.24) is 14.4 Å². The van der Waals surface area contributed by atoms with Crippen molar-refractivity contribution in [2.45, 2.75) is 11.8 Å². The number of benzene rings is 2. The Morgan fingerprint density at radius 2 is 1.65 bits per heavy atom. The van der Waals surface area contributed by atoms with Crippen LogP contribution in [0.5, 0.6) is 5.75 Å². The summed E-state index contributed by atoms with van der Waals surface area (Å²) in [5.74, 6) is 0.716. The van der Waals surface area contributed by atoms with Crippen molar-refractivity contribution >= 4 is 10.0 Å². The number of hydrogen-bond donors (Lipinski definition) is 0. The Labute approximate surface area is 134 Å². The van der Waals surface area contributed by atoms with Crippen LogP contribution < -0.4 is 4.74 Å². The van der Waals surface area contributed by atoms with E-state index in [1.54, 1.807) is 55.6 Å². The van der Waals surface area contributed by atoms with Crippen molar-refractivity contribution in [3.05, 3.63) is 60.3 Å². The lowest BCUT2D eigenvalue weighted by Crippen LogP contribution is -2.13. The van der Waals surface area contributed by atoms with Crippen molar-refractivity contribution < 1.29 is 13.2 Å². The number of rotatable bonds is 4. The number of aromatic nitrogens is 3. The summed E-state index contributed by atoms with van der Waals surface area (Å²) in [6.45, 7) is 1.90. The molecule has 0 aliphatic rings. The topological polar surface area (TPSA) is 74.1 Å². The maximum Gasteiger partial charge on any atom is 0.284 e. The first-order chi connectivity index (χ1) is 11.0. The van der Waals surface area contributed by atoms with Gasteiger partial charge in [0.05, 0.1) is 18.2 Å². The maximum absolute atomic E-state index is 12.5. The zero-order valence-electron chi connectivity index (χ0n) is 12.7. The van der Waals surface area contributed by atoms with Crippen molar-refractivity contribution in [2.24, 2.45) is 0 Å². The van der Waals surface area contributed by atoms with Gasteiger partial charge in [-0.1, -0.05) is 22.9 Å². The van der Waals surface area contributed by atoms with Crippen LogP contribution in [0.3, 0.4) is 0 Å². The summed E-state index contributed by atoms with van der Waals surface area (Å²) in [5, 5.41) is 7.70. The molecule has 0 N–H and O–H groups in total. The summed E-state index contributed by atoms with van der Waals surface area (Å²) in [5.41, 5.74) is 2.22. The van der Waals surface area contributed by atoms with Gasteiger partial charge >= 0.3 is 0 Å². The fourth-order valence-electron chi connectivity index (χ4n) is 2.08. The van der Waals surface area contributed by atoms with Gasteiger partial charge < -0.3 is 4.74 Å². The molecule has 0 fully saturated rings. The van der Waals surface area contributed by atoms with E-state index in [4.69, 9.17) is 4.74 Å². The average Bonchev–Trinajstić information content (AvgIpc) is 3.06. The van der Waals surface area contributed by atoms with E-state index in [0.717, 1.165) is 15.2 Å². The Morgan fingerprint density at radius 3 is 2.26 bits per heavy atom. The van der Waals surface area contributed by atoms with Crippen molar-refractivity contribution in [2.75, 3.05) is 7.11 Å². The van der Waals surface area contributed by atoms with Crippen molar-refractivity contribution in [1.29, 1.82) is 0 Å². The lowest BCUT2D eigenvalue weighted by molar-refractivity contribution is 0.415. The molecular weight excluding hydrogens is 314 g/mol. The summed E-state index contributed by atoms with van der Waals surface area (Å²) >= 11 is 0. The Hall–Kier alpha value is -2.67. The van der Waals surface area contributed by atoms with Gasteiger partial charge in [0.15, 0.2) is 0 Å². The lowest BCUT2D eigenvalue weighted by atomic mass is 10.2. The molecule has 0 saturated carbocycles. The summed E-state index contributed by atoms with van der Waals surface area (Å²) in [6, 6.07) is 13.8. The summed E-state index contributed by atoms with van der Waals surface area (Å²) < 4.78 is 31.0. The first-order valence-electron chi connectivity index (χ1n) is 6.90. The van der Waals surface area contributed by atoms with Gasteiger partial charge in [0.1, 0.15) is 11.4 Å². The van der Waals surface area contributed by atoms with Crippen LogP contribution in [0, 0.1) is 6.92 Å². The van der Waals surface area contributed by atoms with Crippen LogP contribution in [0.1, 0.15) is 5.56 Å². The second kappa shape index (κ2) is 5.85. The molecule has 0 aliphatic carbocycles. The number of methoxy groups -OCH3 is 1. The largest absolute Gasteiger partial charge is 0.497 e. The molecular formula is C16H15N3O3S. The fourth-order valence-corrected chi connectivity index (χ4v) is 3.15. The van der Waals surface area contributed by atoms with Crippen LogP contribution in [0.2, 0.25) is 0 Å². The monoisotopic (exact) mass is 329 g/mol. The van der Waals surface area contributed by atoms with Gasteiger partial charge in [-0.15, -0.1) is 9.19 Å². The van der Waals surface area contributed by atoms with Gasteiger partial charge in [-0.3, -0.25) is 0 Å². The zero-order chi connectivity index (χ0) is 16.4. The normalized spacial score (nSPS) is 11.4. The predicted octanol–water partition coefficient (Wildman–Crippen LogP) is 2.50. The summed E-state index contributed by atoms with van der Waals surface area (Å²) in [4.78, 5) is 0.175. The third kappa shape index (κ3) is 2.95. The van der Waals surface area contributed by atoms with Crippen LogP contribution in [0.25, 0.3) is 11.3 Å². The van der Waals surface area contributed by atoms with Gasteiger partial charge in [0, 0.05) is 5.56 Å². The Bertz CT molecular complexity index is 914. The Morgan fingerprint density at radius 1 is 1.00 bits per heavy atom. The summed E-state index contributed by atoms with van der Waals surface area (Å²) in [7, 11) is -2.15. The molecule has 0 bridgehead atoms. The molecule has 2 aromatic carbocycles. The molecule has 0 spiro atoms. The van der Waals surface area contributed by atoms with Crippen LogP contribution in [0.4, 0.5) is 0 Å². The molecule has 0 unspecified atom stereocenters. The SMILES string of the molecule is COc1ccc(-c2cn(S(=O)(=O)c3ccc(C)cc3)nn2)cc1. The zero-order valence-corrected chi connectivity index (χ0v) is 13.5. The van der Waals surface area contributed by atoms with Crippen LogP contribution in [-0.2, 0) is 10.0 Å². The van der Waals surface area contributed by atoms with E-state index in [2.05, 4.69) is 10.3 Å². The van der Waals surface area contributed by atoms with E-state index < -0.39 is 10.0 Å². The first kappa shape index (κ1) is 15.2. The fraction of sp³-hybridized carbons (Fsp3) is 0.125. The highest BCUT2D eigenvalue weighted by Gasteiger charge is 2.19. The van der Waals surface area contributed by atoms with Crippen molar-refractivity contribution in [3.8, 4) is 17.0 Å². The molecule has 3 rings (SSSR count). The maximum atomic E-state index is 12.5. The van der Waals surface area contributed by atoms with Gasteiger partial charge in [0.25, 0.3) is 10.0 Å². The molecule has 6 nitrogen and oxygen atoms in total. The third-order valence-corrected chi connectivity index (χ3v) is 4.96. The van der Waals surface area contributed by atoms with Gasteiger partial charge in [-0.25, -0.2) is 0 Å². The predicted molar refractivity (Wildman–Crippen MR) is 85.8 cm³/mol. The molecule has 1 heterocycles. The molecule has 0 radical (unpaired) electrons. The molecule has 0 aliphatic heterocycles. The van der Waals surface area contributed by atoms with Crippen LogP contribution >= 0.6 is 0 Å².